The second-order valence-corrected chi connectivity index (χ2v) is 8.12. The Morgan fingerprint density at radius 1 is 1.13 bits per heavy atom. The van der Waals surface area contributed by atoms with Crippen LogP contribution in [-0.4, -0.2) is 83.7 Å². The molecule has 7 nitrogen and oxygen atoms in total. The Bertz CT molecular complexity index is 811. The molecule has 0 radical (unpaired) electrons. The number of hydrogen-bond acceptors (Lipinski definition) is 4. The van der Waals surface area contributed by atoms with Crippen molar-refractivity contribution in [3.63, 3.8) is 0 Å². The Labute approximate surface area is 204 Å². The maximum Gasteiger partial charge on any atom is 0.191 e. The van der Waals surface area contributed by atoms with E-state index in [2.05, 4.69) is 75.9 Å². The lowest BCUT2D eigenvalue weighted by molar-refractivity contribution is 0.109. The summed E-state index contributed by atoms with van der Waals surface area (Å²) in [5, 5.41) is 6.89. The van der Waals surface area contributed by atoms with E-state index in [9.17, 15) is 0 Å². The van der Waals surface area contributed by atoms with Crippen LogP contribution in [-0.2, 0) is 6.54 Å². The molecule has 2 N–H and O–H groups in total. The summed E-state index contributed by atoms with van der Waals surface area (Å²) in [6.45, 7) is 18.1. The highest BCUT2D eigenvalue weighted by atomic mass is 127. The van der Waals surface area contributed by atoms with Gasteiger partial charge in [-0.1, -0.05) is 19.1 Å². The highest BCUT2D eigenvalue weighted by molar-refractivity contribution is 14.0. The second kappa shape index (κ2) is 13.2. The number of hydrogen-bond donors (Lipinski definition) is 2. The van der Waals surface area contributed by atoms with E-state index in [4.69, 9.17) is 4.99 Å². The number of nitrogens with one attached hydrogen (secondary N) is 2. The van der Waals surface area contributed by atoms with Crippen molar-refractivity contribution in [1.82, 2.24) is 30.0 Å². The van der Waals surface area contributed by atoms with Crippen LogP contribution in [0.25, 0.3) is 11.0 Å². The summed E-state index contributed by atoms with van der Waals surface area (Å²) in [4.78, 5) is 14.6. The van der Waals surface area contributed by atoms with Gasteiger partial charge in [-0.25, -0.2) is 4.98 Å². The molecule has 2 aromatic rings. The molecule has 1 atom stereocenters. The Morgan fingerprint density at radius 3 is 2.58 bits per heavy atom. The minimum Gasteiger partial charge on any atom is -0.357 e. The van der Waals surface area contributed by atoms with Crippen LogP contribution in [0.3, 0.4) is 0 Å². The van der Waals surface area contributed by atoms with Gasteiger partial charge in [0, 0.05) is 51.9 Å². The standard InChI is InChI=1S/C23H39N7.HI/c1-5-24-23(26-18-19(3)29-16-14-28(6-2)15-17-29)25-12-9-13-30-20(4)27-21-10-7-8-11-22(21)30;/h7-8,10-11,19H,5-6,9,12-18H2,1-4H3,(H2,24,25,26);1H. The molecule has 0 bridgehead atoms. The summed E-state index contributed by atoms with van der Waals surface area (Å²) in [7, 11) is 0. The largest absolute Gasteiger partial charge is 0.357 e. The second-order valence-electron chi connectivity index (χ2n) is 8.12. The summed E-state index contributed by atoms with van der Waals surface area (Å²) in [5.74, 6) is 2.00. The molecular weight excluding hydrogens is 501 g/mol. The van der Waals surface area contributed by atoms with Crippen LogP contribution in [0.2, 0.25) is 0 Å². The van der Waals surface area contributed by atoms with Gasteiger partial charge in [0.05, 0.1) is 17.6 Å². The van der Waals surface area contributed by atoms with Crippen LogP contribution in [0.1, 0.15) is 33.0 Å². The Kier molecular flexibility index (Phi) is 11.0. The fourth-order valence-electron chi connectivity index (χ4n) is 4.12. The minimum atomic E-state index is 0. The SMILES string of the molecule is CCNC(=NCC(C)N1CCN(CC)CC1)NCCCn1c(C)nc2ccccc21.I. The van der Waals surface area contributed by atoms with Gasteiger partial charge in [0.25, 0.3) is 0 Å². The van der Waals surface area contributed by atoms with Gasteiger partial charge in [0.2, 0.25) is 0 Å². The quantitative estimate of drug-likeness (QED) is 0.221. The van der Waals surface area contributed by atoms with Crippen molar-refractivity contribution in [1.29, 1.82) is 0 Å². The number of guanidine groups is 1. The molecule has 1 aliphatic rings. The summed E-state index contributed by atoms with van der Waals surface area (Å²) >= 11 is 0. The minimum absolute atomic E-state index is 0. The summed E-state index contributed by atoms with van der Waals surface area (Å²) < 4.78 is 2.30. The van der Waals surface area contributed by atoms with Gasteiger partial charge in [-0.15, -0.1) is 24.0 Å². The molecule has 1 aromatic heterocycles. The number of likely N-dealkylation sites (N-methyl/N-ethyl adjacent to an activating group) is 1. The molecule has 31 heavy (non-hydrogen) atoms. The first-order chi connectivity index (χ1) is 14.6. The predicted molar refractivity (Wildman–Crippen MR) is 142 cm³/mol. The molecule has 0 saturated carbocycles. The maximum absolute atomic E-state index is 4.85. The third kappa shape index (κ3) is 7.32. The van der Waals surface area contributed by atoms with Crippen molar-refractivity contribution in [3.8, 4) is 0 Å². The summed E-state index contributed by atoms with van der Waals surface area (Å²) in [6, 6.07) is 8.83. The topological polar surface area (TPSA) is 60.7 Å². The van der Waals surface area contributed by atoms with Crippen LogP contribution in [0.4, 0.5) is 0 Å². The van der Waals surface area contributed by atoms with Crippen LogP contribution in [0.5, 0.6) is 0 Å². The number of para-hydroxylation sites is 2. The Balaban J connectivity index is 0.00000341. The summed E-state index contributed by atoms with van der Waals surface area (Å²) in [5.41, 5.74) is 2.29. The molecule has 2 heterocycles. The van der Waals surface area contributed by atoms with Crippen LogP contribution in [0.15, 0.2) is 29.3 Å². The van der Waals surface area contributed by atoms with Crippen LogP contribution in [0, 0.1) is 6.92 Å². The van der Waals surface area contributed by atoms with Crippen molar-refractivity contribution < 1.29 is 0 Å². The number of halogens is 1. The Morgan fingerprint density at radius 2 is 1.87 bits per heavy atom. The van der Waals surface area contributed by atoms with Crippen molar-refractivity contribution in [2.45, 2.75) is 46.7 Å². The van der Waals surface area contributed by atoms with Gasteiger partial charge < -0.3 is 20.1 Å². The molecule has 174 valence electrons. The van der Waals surface area contributed by atoms with Crippen LogP contribution >= 0.6 is 24.0 Å². The number of aryl methyl sites for hydroxylation is 2. The summed E-state index contributed by atoms with van der Waals surface area (Å²) in [6.07, 6.45) is 1.03. The van der Waals surface area contributed by atoms with Gasteiger partial charge in [-0.3, -0.25) is 9.89 Å². The number of aromatic nitrogens is 2. The zero-order valence-corrected chi connectivity index (χ0v) is 21.9. The average molecular weight is 542 g/mol. The van der Waals surface area contributed by atoms with Crippen molar-refractivity contribution in [2.24, 2.45) is 4.99 Å². The lowest BCUT2D eigenvalue weighted by Crippen LogP contribution is -2.50. The zero-order chi connectivity index (χ0) is 21.3. The average Bonchev–Trinajstić information content (AvgIpc) is 3.09. The van der Waals surface area contributed by atoms with Gasteiger partial charge in [-0.05, 0) is 45.9 Å². The van der Waals surface area contributed by atoms with E-state index in [1.807, 2.05) is 6.07 Å². The third-order valence-corrected chi connectivity index (χ3v) is 6.03. The van der Waals surface area contributed by atoms with Gasteiger partial charge in [0.15, 0.2) is 5.96 Å². The van der Waals surface area contributed by atoms with E-state index in [0.29, 0.717) is 6.04 Å². The molecule has 1 aromatic carbocycles. The highest BCUT2D eigenvalue weighted by Gasteiger charge is 2.19. The first-order valence-electron chi connectivity index (χ1n) is 11.5. The van der Waals surface area contributed by atoms with Crippen LogP contribution < -0.4 is 10.6 Å². The van der Waals surface area contributed by atoms with E-state index in [1.54, 1.807) is 0 Å². The molecule has 0 spiro atoms. The molecule has 1 fully saturated rings. The number of imidazole rings is 1. The first-order valence-corrected chi connectivity index (χ1v) is 11.5. The molecular formula is C23H40IN7. The molecule has 0 aliphatic carbocycles. The van der Waals surface area contributed by atoms with Crippen molar-refractivity contribution in [3.05, 3.63) is 30.1 Å². The predicted octanol–water partition coefficient (Wildman–Crippen LogP) is 2.93. The molecule has 0 amide bonds. The van der Waals surface area contributed by atoms with E-state index in [1.165, 1.54) is 18.6 Å². The lowest BCUT2D eigenvalue weighted by atomic mass is 10.2. The third-order valence-electron chi connectivity index (χ3n) is 6.03. The number of fused-ring (bicyclic) bond motifs is 1. The highest BCUT2D eigenvalue weighted by Crippen LogP contribution is 2.15. The number of rotatable bonds is 9. The van der Waals surface area contributed by atoms with E-state index < -0.39 is 0 Å². The fourth-order valence-corrected chi connectivity index (χ4v) is 4.12. The number of aliphatic imine (C=N–C) groups is 1. The molecule has 1 unspecified atom stereocenters. The van der Waals surface area contributed by atoms with Gasteiger partial charge >= 0.3 is 0 Å². The fraction of sp³-hybridized carbons (Fsp3) is 0.652. The smallest absolute Gasteiger partial charge is 0.191 e. The molecule has 3 rings (SSSR count). The molecule has 1 saturated heterocycles. The van der Waals surface area contributed by atoms with Gasteiger partial charge in [-0.2, -0.15) is 0 Å². The molecule has 8 heteroatoms. The normalized spacial score (nSPS) is 16.8. The van der Waals surface area contributed by atoms with Gasteiger partial charge in [0.1, 0.15) is 5.82 Å². The number of benzene rings is 1. The number of piperazine rings is 1. The van der Waals surface area contributed by atoms with Crippen molar-refractivity contribution >= 4 is 41.0 Å². The van der Waals surface area contributed by atoms with E-state index in [0.717, 1.165) is 69.5 Å². The lowest BCUT2D eigenvalue weighted by Gasteiger charge is -2.37. The van der Waals surface area contributed by atoms with E-state index in [-0.39, 0.29) is 24.0 Å². The van der Waals surface area contributed by atoms with Crippen molar-refractivity contribution in [2.75, 3.05) is 52.4 Å². The zero-order valence-electron chi connectivity index (χ0n) is 19.6. The van der Waals surface area contributed by atoms with E-state index >= 15 is 0 Å². The monoisotopic (exact) mass is 541 g/mol. The molecule has 1 aliphatic heterocycles. The maximum atomic E-state index is 4.85. The number of nitrogens with zero attached hydrogens (tertiary/aromatic N) is 5. The first kappa shape index (κ1) is 25.9. The Hall–Kier alpha value is -1.39.